The number of pyridine rings is 1. The number of nitrogens with zero attached hydrogens (tertiary/aromatic N) is 1. The van der Waals surface area contributed by atoms with Gasteiger partial charge in [-0.1, -0.05) is 39.3 Å². The number of hydrogen-bond acceptors (Lipinski definition) is 2. The lowest BCUT2D eigenvalue weighted by Crippen LogP contribution is -2.37. The van der Waals surface area contributed by atoms with Gasteiger partial charge in [0.2, 0.25) is 0 Å². The summed E-state index contributed by atoms with van der Waals surface area (Å²) in [4.78, 5) is 16.1. The van der Waals surface area contributed by atoms with Crippen LogP contribution in [0.15, 0.2) is 12.1 Å². The van der Waals surface area contributed by atoms with Crippen molar-refractivity contribution in [1.29, 1.82) is 0 Å². The van der Waals surface area contributed by atoms with Crippen molar-refractivity contribution in [2.45, 2.75) is 34.6 Å². The van der Waals surface area contributed by atoms with Crippen LogP contribution in [0.3, 0.4) is 0 Å². The van der Waals surface area contributed by atoms with E-state index in [1.165, 1.54) is 0 Å². The van der Waals surface area contributed by atoms with Crippen molar-refractivity contribution in [3.63, 3.8) is 0 Å². The van der Waals surface area contributed by atoms with E-state index in [0.717, 1.165) is 5.69 Å². The summed E-state index contributed by atoms with van der Waals surface area (Å²) in [7, 11) is 0. The SMILES string of the molecule is Cc1cc(C(=O)NCC(C)(C)C(C)C)cc(Cl)n1. The van der Waals surface area contributed by atoms with Crippen LogP contribution in [0.5, 0.6) is 0 Å². The maximum atomic E-state index is 12.0. The zero-order chi connectivity index (χ0) is 13.9. The lowest BCUT2D eigenvalue weighted by atomic mass is 9.81. The molecule has 0 radical (unpaired) electrons. The van der Waals surface area contributed by atoms with Crippen LogP contribution in [0, 0.1) is 18.3 Å². The van der Waals surface area contributed by atoms with Gasteiger partial charge in [-0.2, -0.15) is 0 Å². The second-order valence-electron chi connectivity index (χ2n) is 5.65. The quantitative estimate of drug-likeness (QED) is 0.850. The van der Waals surface area contributed by atoms with E-state index in [0.29, 0.717) is 23.2 Å². The molecule has 0 unspecified atom stereocenters. The highest BCUT2D eigenvalue weighted by Crippen LogP contribution is 2.24. The highest BCUT2D eigenvalue weighted by Gasteiger charge is 2.23. The molecular weight excluding hydrogens is 248 g/mol. The summed E-state index contributed by atoms with van der Waals surface area (Å²) < 4.78 is 0. The van der Waals surface area contributed by atoms with Crippen molar-refractivity contribution in [2.24, 2.45) is 11.3 Å². The number of hydrogen-bond donors (Lipinski definition) is 1. The van der Waals surface area contributed by atoms with Gasteiger partial charge in [-0.3, -0.25) is 4.79 Å². The average Bonchev–Trinajstić information content (AvgIpc) is 2.24. The van der Waals surface area contributed by atoms with Crippen molar-refractivity contribution in [1.82, 2.24) is 10.3 Å². The Morgan fingerprint density at radius 2 is 2.06 bits per heavy atom. The molecule has 3 nitrogen and oxygen atoms in total. The summed E-state index contributed by atoms with van der Waals surface area (Å²) in [6.45, 7) is 11.0. The van der Waals surface area contributed by atoms with Gasteiger partial charge >= 0.3 is 0 Å². The molecule has 1 N–H and O–H groups in total. The summed E-state index contributed by atoms with van der Waals surface area (Å²) in [6, 6.07) is 3.33. The molecular formula is C14H21ClN2O. The molecule has 0 aliphatic carbocycles. The molecule has 4 heteroatoms. The second-order valence-corrected chi connectivity index (χ2v) is 6.03. The number of rotatable bonds is 4. The number of aromatic nitrogens is 1. The molecule has 0 bridgehead atoms. The summed E-state index contributed by atoms with van der Waals surface area (Å²) in [6.07, 6.45) is 0. The van der Waals surface area contributed by atoms with E-state index in [9.17, 15) is 4.79 Å². The van der Waals surface area contributed by atoms with Crippen LogP contribution in [0.1, 0.15) is 43.7 Å². The predicted molar refractivity (Wildman–Crippen MR) is 74.9 cm³/mol. The van der Waals surface area contributed by atoms with Crippen molar-refractivity contribution < 1.29 is 4.79 Å². The van der Waals surface area contributed by atoms with Gasteiger partial charge in [0.1, 0.15) is 5.15 Å². The van der Waals surface area contributed by atoms with Crippen molar-refractivity contribution in [3.05, 3.63) is 28.5 Å². The molecule has 0 saturated carbocycles. The van der Waals surface area contributed by atoms with Crippen LogP contribution in [0.25, 0.3) is 0 Å². The summed E-state index contributed by atoms with van der Waals surface area (Å²) >= 11 is 5.84. The number of halogens is 1. The predicted octanol–water partition coefficient (Wildman–Crippen LogP) is 3.46. The van der Waals surface area contributed by atoms with E-state index in [1.807, 2.05) is 6.92 Å². The molecule has 0 aliphatic rings. The highest BCUT2D eigenvalue weighted by atomic mass is 35.5. The maximum Gasteiger partial charge on any atom is 0.251 e. The molecule has 1 amide bonds. The maximum absolute atomic E-state index is 12.0. The number of aryl methyl sites for hydroxylation is 1. The van der Waals surface area contributed by atoms with Gasteiger partial charge in [0.05, 0.1) is 0 Å². The molecule has 0 atom stereocenters. The fourth-order valence-corrected chi connectivity index (χ4v) is 1.62. The van der Waals surface area contributed by atoms with E-state index >= 15 is 0 Å². The molecule has 0 fully saturated rings. The number of carbonyl (C=O) groups is 1. The third-order valence-electron chi connectivity index (χ3n) is 3.45. The lowest BCUT2D eigenvalue weighted by Gasteiger charge is -2.29. The van der Waals surface area contributed by atoms with Gasteiger partial charge in [-0.05, 0) is 30.4 Å². The number of carbonyl (C=O) groups excluding carboxylic acids is 1. The second kappa shape index (κ2) is 5.70. The fraction of sp³-hybridized carbons (Fsp3) is 0.571. The third-order valence-corrected chi connectivity index (χ3v) is 3.65. The largest absolute Gasteiger partial charge is 0.351 e. The van der Waals surface area contributed by atoms with Gasteiger partial charge in [-0.25, -0.2) is 4.98 Å². The normalized spacial score (nSPS) is 11.7. The third kappa shape index (κ3) is 3.98. The molecule has 1 heterocycles. The van der Waals surface area contributed by atoms with E-state index in [-0.39, 0.29) is 11.3 Å². The van der Waals surface area contributed by atoms with E-state index in [4.69, 9.17) is 11.6 Å². The Labute approximate surface area is 114 Å². The number of nitrogens with one attached hydrogen (secondary N) is 1. The smallest absolute Gasteiger partial charge is 0.251 e. The molecule has 0 spiro atoms. The van der Waals surface area contributed by atoms with Gasteiger partial charge in [-0.15, -0.1) is 0 Å². The fourth-order valence-electron chi connectivity index (χ4n) is 1.37. The Bertz CT molecular complexity index is 421. The molecule has 1 aromatic rings. The first-order chi connectivity index (χ1) is 8.22. The van der Waals surface area contributed by atoms with Crippen LogP contribution in [0.2, 0.25) is 5.15 Å². The Hall–Kier alpha value is -1.09. The van der Waals surface area contributed by atoms with Crippen LogP contribution in [0.4, 0.5) is 0 Å². The molecule has 100 valence electrons. The minimum absolute atomic E-state index is 0.0710. The molecule has 1 aromatic heterocycles. The first-order valence-corrected chi connectivity index (χ1v) is 6.52. The van der Waals surface area contributed by atoms with Gasteiger partial charge < -0.3 is 5.32 Å². The van der Waals surface area contributed by atoms with Gasteiger partial charge in [0, 0.05) is 17.8 Å². The molecule has 1 rings (SSSR count). The van der Waals surface area contributed by atoms with Gasteiger partial charge in [0.15, 0.2) is 0 Å². The summed E-state index contributed by atoms with van der Waals surface area (Å²) in [5.74, 6) is 0.400. The average molecular weight is 269 g/mol. The Morgan fingerprint density at radius 3 is 2.56 bits per heavy atom. The zero-order valence-corrected chi connectivity index (χ0v) is 12.4. The van der Waals surface area contributed by atoms with Crippen LogP contribution in [-0.4, -0.2) is 17.4 Å². The van der Waals surface area contributed by atoms with Crippen LogP contribution in [-0.2, 0) is 0 Å². The topological polar surface area (TPSA) is 42.0 Å². The summed E-state index contributed by atoms with van der Waals surface area (Å²) in [5, 5.41) is 3.30. The van der Waals surface area contributed by atoms with E-state index < -0.39 is 0 Å². The van der Waals surface area contributed by atoms with Crippen LogP contribution >= 0.6 is 11.6 Å². The Morgan fingerprint density at radius 1 is 1.44 bits per heavy atom. The van der Waals surface area contributed by atoms with Crippen molar-refractivity contribution in [3.8, 4) is 0 Å². The lowest BCUT2D eigenvalue weighted by molar-refractivity contribution is 0.0924. The monoisotopic (exact) mass is 268 g/mol. The Kier molecular flexibility index (Phi) is 4.74. The summed E-state index contributed by atoms with van der Waals surface area (Å²) in [5.41, 5.74) is 1.38. The molecule has 0 saturated heterocycles. The van der Waals surface area contributed by atoms with Gasteiger partial charge in [0.25, 0.3) is 5.91 Å². The minimum atomic E-state index is -0.101. The molecule has 0 aliphatic heterocycles. The molecule has 0 aromatic carbocycles. The van der Waals surface area contributed by atoms with Crippen LogP contribution < -0.4 is 5.32 Å². The van der Waals surface area contributed by atoms with Crippen molar-refractivity contribution in [2.75, 3.05) is 6.54 Å². The number of amides is 1. The van der Waals surface area contributed by atoms with E-state index in [2.05, 4.69) is 38.0 Å². The zero-order valence-electron chi connectivity index (χ0n) is 11.7. The Balaban J connectivity index is 2.72. The first-order valence-electron chi connectivity index (χ1n) is 6.15. The first kappa shape index (κ1) is 15.0. The highest BCUT2D eigenvalue weighted by molar-refractivity contribution is 6.29. The van der Waals surface area contributed by atoms with Crippen molar-refractivity contribution >= 4 is 17.5 Å². The molecule has 18 heavy (non-hydrogen) atoms. The minimum Gasteiger partial charge on any atom is -0.351 e. The standard InChI is InChI=1S/C14H21ClN2O/c1-9(2)14(4,5)8-16-13(18)11-6-10(3)17-12(15)7-11/h6-7,9H,8H2,1-5H3,(H,16,18). The van der Waals surface area contributed by atoms with E-state index in [1.54, 1.807) is 12.1 Å².